The van der Waals surface area contributed by atoms with Crippen LogP contribution in [0.1, 0.15) is 11.3 Å². The van der Waals surface area contributed by atoms with Crippen LogP contribution < -0.4 is 5.73 Å². The van der Waals surface area contributed by atoms with Gasteiger partial charge in [-0.25, -0.2) is 0 Å². The quantitative estimate of drug-likeness (QED) is 0.566. The maximum atomic E-state index is 12.0. The summed E-state index contributed by atoms with van der Waals surface area (Å²) in [5.74, 6) is -0.353. The van der Waals surface area contributed by atoms with Crippen molar-refractivity contribution in [2.45, 2.75) is 6.18 Å². The standard InChI is InChI=1S/C7H6F3N3.ClH/c8-7(9,10)4-1-2-5(6(11)12)13-3-4;/h1-3H,(H3,11,12);1H. The highest BCUT2D eigenvalue weighted by molar-refractivity contribution is 5.92. The van der Waals surface area contributed by atoms with Gasteiger partial charge in [0.2, 0.25) is 0 Å². The van der Waals surface area contributed by atoms with E-state index in [1.807, 2.05) is 0 Å². The second kappa shape index (κ2) is 4.28. The van der Waals surface area contributed by atoms with E-state index < -0.39 is 11.7 Å². The largest absolute Gasteiger partial charge is 0.417 e. The van der Waals surface area contributed by atoms with Crippen molar-refractivity contribution < 1.29 is 13.2 Å². The van der Waals surface area contributed by atoms with E-state index >= 15 is 0 Å². The minimum atomic E-state index is -4.40. The molecule has 0 amide bonds. The van der Waals surface area contributed by atoms with Gasteiger partial charge in [0, 0.05) is 6.20 Å². The molecule has 7 heteroatoms. The van der Waals surface area contributed by atoms with E-state index in [0.29, 0.717) is 6.20 Å². The van der Waals surface area contributed by atoms with Crippen molar-refractivity contribution in [1.29, 1.82) is 5.41 Å². The summed E-state index contributed by atoms with van der Waals surface area (Å²) in [5, 5.41) is 6.90. The predicted molar refractivity (Wildman–Crippen MR) is 47.5 cm³/mol. The molecule has 78 valence electrons. The first-order chi connectivity index (χ1) is 5.91. The van der Waals surface area contributed by atoms with E-state index in [2.05, 4.69) is 4.98 Å². The Bertz CT molecular complexity index is 320. The monoisotopic (exact) mass is 225 g/mol. The van der Waals surface area contributed by atoms with Gasteiger partial charge in [-0.15, -0.1) is 12.4 Å². The molecule has 3 N–H and O–H groups in total. The maximum Gasteiger partial charge on any atom is 0.417 e. The highest BCUT2D eigenvalue weighted by Crippen LogP contribution is 2.28. The lowest BCUT2D eigenvalue weighted by atomic mass is 10.2. The van der Waals surface area contributed by atoms with E-state index in [1.165, 1.54) is 0 Å². The van der Waals surface area contributed by atoms with Gasteiger partial charge in [-0.1, -0.05) is 0 Å². The Labute approximate surface area is 84.1 Å². The number of nitrogens with two attached hydrogens (primary N) is 1. The number of aromatic nitrogens is 1. The van der Waals surface area contributed by atoms with Crippen molar-refractivity contribution in [3.05, 3.63) is 29.6 Å². The Balaban J connectivity index is 0.00000169. The lowest BCUT2D eigenvalue weighted by Gasteiger charge is -2.05. The van der Waals surface area contributed by atoms with E-state index in [9.17, 15) is 13.2 Å². The highest BCUT2D eigenvalue weighted by atomic mass is 35.5. The van der Waals surface area contributed by atoms with Gasteiger partial charge in [0.1, 0.15) is 11.5 Å². The van der Waals surface area contributed by atoms with Crippen LogP contribution in [0.2, 0.25) is 0 Å². The van der Waals surface area contributed by atoms with Crippen molar-refractivity contribution in [3.8, 4) is 0 Å². The molecule has 3 nitrogen and oxygen atoms in total. The Hall–Kier alpha value is -1.30. The Morgan fingerprint density at radius 1 is 1.36 bits per heavy atom. The number of amidine groups is 1. The van der Waals surface area contributed by atoms with Crippen LogP contribution in [0.3, 0.4) is 0 Å². The van der Waals surface area contributed by atoms with Crippen molar-refractivity contribution in [2.75, 3.05) is 0 Å². The molecule has 0 aliphatic rings. The molecule has 0 saturated heterocycles. The summed E-state index contributed by atoms with van der Waals surface area (Å²) in [4.78, 5) is 3.38. The number of nitrogen functional groups attached to an aromatic ring is 1. The molecule has 14 heavy (non-hydrogen) atoms. The van der Waals surface area contributed by atoms with Crippen LogP contribution in [0.5, 0.6) is 0 Å². The number of pyridine rings is 1. The first kappa shape index (κ1) is 12.7. The summed E-state index contributed by atoms with van der Waals surface area (Å²) >= 11 is 0. The molecule has 0 spiro atoms. The second-order valence-corrected chi connectivity index (χ2v) is 2.34. The number of nitrogens with one attached hydrogen (secondary N) is 1. The third-order valence-electron chi connectivity index (χ3n) is 1.37. The summed E-state index contributed by atoms with van der Waals surface area (Å²) < 4.78 is 36.0. The summed E-state index contributed by atoms with van der Waals surface area (Å²) in [6.07, 6.45) is -3.75. The molecule has 0 fully saturated rings. The van der Waals surface area contributed by atoms with Crippen molar-refractivity contribution in [3.63, 3.8) is 0 Å². The Morgan fingerprint density at radius 3 is 2.21 bits per heavy atom. The number of hydrogen-bond acceptors (Lipinski definition) is 2. The molecule has 0 saturated carbocycles. The number of hydrogen-bond donors (Lipinski definition) is 2. The van der Waals surface area contributed by atoms with Gasteiger partial charge in [-0.3, -0.25) is 10.4 Å². The zero-order valence-corrected chi connectivity index (χ0v) is 7.62. The van der Waals surface area contributed by atoms with Crippen LogP contribution in [-0.2, 0) is 6.18 Å². The maximum absolute atomic E-state index is 12.0. The average Bonchev–Trinajstić information content (AvgIpc) is 2.03. The molecule has 0 radical (unpaired) electrons. The fourth-order valence-electron chi connectivity index (χ4n) is 0.721. The fraction of sp³-hybridized carbons (Fsp3) is 0.143. The normalized spacial score (nSPS) is 10.5. The molecule has 0 aliphatic heterocycles. The highest BCUT2D eigenvalue weighted by Gasteiger charge is 2.30. The summed E-state index contributed by atoms with van der Waals surface area (Å²) in [7, 11) is 0. The smallest absolute Gasteiger partial charge is 0.382 e. The second-order valence-electron chi connectivity index (χ2n) is 2.34. The van der Waals surface area contributed by atoms with Crippen molar-refractivity contribution >= 4 is 18.2 Å². The van der Waals surface area contributed by atoms with E-state index in [4.69, 9.17) is 11.1 Å². The van der Waals surface area contributed by atoms with Gasteiger partial charge in [0.25, 0.3) is 0 Å². The summed E-state index contributed by atoms with van der Waals surface area (Å²) in [6, 6.07) is 1.90. The SMILES string of the molecule is Cl.N=C(N)c1ccc(C(F)(F)F)cn1. The van der Waals surface area contributed by atoms with E-state index in [0.717, 1.165) is 12.1 Å². The molecule has 1 rings (SSSR count). The van der Waals surface area contributed by atoms with Crippen LogP contribution in [0.15, 0.2) is 18.3 Å². The van der Waals surface area contributed by atoms with Crippen LogP contribution in [-0.4, -0.2) is 10.8 Å². The molecule has 1 aromatic rings. The van der Waals surface area contributed by atoms with E-state index in [1.54, 1.807) is 0 Å². The van der Waals surface area contributed by atoms with Crippen molar-refractivity contribution in [1.82, 2.24) is 4.98 Å². The zero-order valence-electron chi connectivity index (χ0n) is 6.80. The predicted octanol–water partition coefficient (Wildman–Crippen LogP) is 1.81. The summed E-state index contributed by atoms with van der Waals surface area (Å²) in [6.45, 7) is 0. The molecule has 0 aliphatic carbocycles. The topological polar surface area (TPSA) is 62.8 Å². The van der Waals surface area contributed by atoms with Crippen LogP contribution >= 0.6 is 12.4 Å². The van der Waals surface area contributed by atoms with Crippen LogP contribution in [0, 0.1) is 5.41 Å². The fourth-order valence-corrected chi connectivity index (χ4v) is 0.721. The van der Waals surface area contributed by atoms with Gasteiger partial charge >= 0.3 is 6.18 Å². The van der Waals surface area contributed by atoms with Gasteiger partial charge < -0.3 is 5.73 Å². The third kappa shape index (κ3) is 2.88. The Morgan fingerprint density at radius 2 is 1.93 bits per heavy atom. The van der Waals surface area contributed by atoms with Crippen LogP contribution in [0.25, 0.3) is 0 Å². The Kier molecular flexibility index (Phi) is 3.88. The zero-order chi connectivity index (χ0) is 10.1. The molecule has 1 aromatic heterocycles. The summed E-state index contributed by atoms with van der Waals surface area (Å²) in [5.41, 5.74) is 4.20. The van der Waals surface area contributed by atoms with Gasteiger partial charge in [-0.2, -0.15) is 13.2 Å². The average molecular weight is 226 g/mol. The molecular weight excluding hydrogens is 219 g/mol. The molecule has 0 atom stereocenters. The van der Waals surface area contributed by atoms with Crippen molar-refractivity contribution in [2.24, 2.45) is 5.73 Å². The van der Waals surface area contributed by atoms with Gasteiger partial charge in [0.15, 0.2) is 0 Å². The number of alkyl halides is 3. The van der Waals surface area contributed by atoms with Crippen LogP contribution in [0.4, 0.5) is 13.2 Å². The number of rotatable bonds is 1. The molecule has 1 heterocycles. The molecular formula is C7H7ClF3N3. The third-order valence-corrected chi connectivity index (χ3v) is 1.37. The molecule has 0 bridgehead atoms. The number of nitrogens with zero attached hydrogens (tertiary/aromatic N) is 1. The molecule has 0 unspecified atom stereocenters. The van der Waals surface area contributed by atoms with Gasteiger partial charge in [0.05, 0.1) is 5.56 Å². The molecule has 0 aromatic carbocycles. The lowest BCUT2D eigenvalue weighted by molar-refractivity contribution is -0.137. The lowest BCUT2D eigenvalue weighted by Crippen LogP contribution is -2.14. The van der Waals surface area contributed by atoms with Gasteiger partial charge in [-0.05, 0) is 12.1 Å². The number of halogens is 4. The minimum absolute atomic E-state index is 0. The first-order valence-electron chi connectivity index (χ1n) is 3.29. The first-order valence-corrected chi connectivity index (χ1v) is 3.29. The minimum Gasteiger partial charge on any atom is -0.382 e. The van der Waals surface area contributed by atoms with E-state index in [-0.39, 0.29) is 23.9 Å².